The fourth-order valence-electron chi connectivity index (χ4n) is 2.17. The molecular formula is C14H19NO3. The third-order valence-electron chi connectivity index (χ3n) is 3.21. The van der Waals surface area contributed by atoms with Gasteiger partial charge in [-0.15, -0.1) is 0 Å². The monoisotopic (exact) mass is 249 g/mol. The largest absolute Gasteiger partial charge is 0.465 e. The third kappa shape index (κ3) is 3.01. The van der Waals surface area contributed by atoms with E-state index in [1.54, 1.807) is 13.0 Å². The van der Waals surface area contributed by atoms with Gasteiger partial charge in [0.1, 0.15) is 17.1 Å². The van der Waals surface area contributed by atoms with Gasteiger partial charge < -0.3 is 14.5 Å². The maximum absolute atomic E-state index is 11.4. The number of hydrogen-bond donors (Lipinski definition) is 1. The molecule has 0 bridgehead atoms. The van der Waals surface area contributed by atoms with Gasteiger partial charge in [-0.25, -0.2) is 4.79 Å². The van der Waals surface area contributed by atoms with Crippen LogP contribution in [0.25, 0.3) is 0 Å². The SMILES string of the molecule is COC(=O)c1cc(CNC2CC=CCC2)oc1C. The summed E-state index contributed by atoms with van der Waals surface area (Å²) in [5.74, 6) is 1.05. The third-order valence-corrected chi connectivity index (χ3v) is 3.21. The lowest BCUT2D eigenvalue weighted by Crippen LogP contribution is -2.28. The molecule has 4 heteroatoms. The fourth-order valence-corrected chi connectivity index (χ4v) is 2.17. The van der Waals surface area contributed by atoms with Gasteiger partial charge in [-0.2, -0.15) is 0 Å². The number of hydrogen-bond acceptors (Lipinski definition) is 4. The molecule has 0 amide bonds. The number of ether oxygens (including phenoxy) is 1. The molecule has 98 valence electrons. The number of rotatable bonds is 4. The average molecular weight is 249 g/mol. The minimum absolute atomic E-state index is 0.344. The predicted octanol–water partition coefficient (Wildman–Crippen LogP) is 2.57. The molecule has 4 nitrogen and oxygen atoms in total. The fraction of sp³-hybridized carbons (Fsp3) is 0.500. The van der Waals surface area contributed by atoms with Crippen molar-refractivity contribution < 1.29 is 13.9 Å². The second-order valence-corrected chi connectivity index (χ2v) is 4.54. The van der Waals surface area contributed by atoms with Crippen LogP contribution < -0.4 is 5.32 Å². The summed E-state index contributed by atoms with van der Waals surface area (Å²) in [5, 5.41) is 3.44. The van der Waals surface area contributed by atoms with E-state index < -0.39 is 0 Å². The molecule has 1 aliphatic rings. The Morgan fingerprint density at radius 3 is 3.06 bits per heavy atom. The first kappa shape index (κ1) is 12.9. The molecule has 1 heterocycles. The molecule has 1 N–H and O–H groups in total. The van der Waals surface area contributed by atoms with Crippen LogP contribution in [0.2, 0.25) is 0 Å². The molecule has 1 aliphatic carbocycles. The van der Waals surface area contributed by atoms with Crippen molar-refractivity contribution in [1.82, 2.24) is 5.32 Å². The molecule has 2 rings (SSSR count). The number of carbonyl (C=O) groups excluding carboxylic acids is 1. The first-order valence-electron chi connectivity index (χ1n) is 6.26. The maximum Gasteiger partial charge on any atom is 0.341 e. The lowest BCUT2D eigenvalue weighted by Gasteiger charge is -2.18. The Bertz CT molecular complexity index is 448. The van der Waals surface area contributed by atoms with Crippen LogP contribution in [-0.4, -0.2) is 19.1 Å². The molecule has 1 unspecified atom stereocenters. The van der Waals surface area contributed by atoms with Crippen LogP contribution in [-0.2, 0) is 11.3 Å². The second kappa shape index (κ2) is 5.87. The Kier molecular flexibility index (Phi) is 4.20. The van der Waals surface area contributed by atoms with Gasteiger partial charge in [0.05, 0.1) is 13.7 Å². The number of furan rings is 1. The molecule has 0 spiro atoms. The Morgan fingerprint density at radius 2 is 2.39 bits per heavy atom. The van der Waals surface area contributed by atoms with E-state index in [4.69, 9.17) is 9.15 Å². The Balaban J connectivity index is 1.93. The van der Waals surface area contributed by atoms with E-state index in [0.29, 0.717) is 23.9 Å². The number of methoxy groups -OCH3 is 1. The summed E-state index contributed by atoms with van der Waals surface area (Å²) >= 11 is 0. The van der Waals surface area contributed by atoms with E-state index in [9.17, 15) is 4.79 Å². The van der Waals surface area contributed by atoms with Crippen LogP contribution in [0.5, 0.6) is 0 Å². The minimum atomic E-state index is -0.344. The van der Waals surface area contributed by atoms with E-state index in [2.05, 4.69) is 17.5 Å². The van der Waals surface area contributed by atoms with Gasteiger partial charge in [0.15, 0.2) is 0 Å². The molecule has 1 atom stereocenters. The molecule has 18 heavy (non-hydrogen) atoms. The normalized spacial score (nSPS) is 18.9. The summed E-state index contributed by atoms with van der Waals surface area (Å²) < 4.78 is 10.2. The summed E-state index contributed by atoms with van der Waals surface area (Å²) in [7, 11) is 1.38. The Hall–Kier alpha value is -1.55. The molecule has 0 fully saturated rings. The average Bonchev–Trinajstić information content (AvgIpc) is 2.78. The van der Waals surface area contributed by atoms with Gasteiger partial charge in [-0.1, -0.05) is 12.2 Å². The van der Waals surface area contributed by atoms with Crippen molar-refractivity contribution in [3.8, 4) is 0 Å². The highest BCUT2D eigenvalue weighted by Gasteiger charge is 2.16. The Labute approximate surface area is 107 Å². The van der Waals surface area contributed by atoms with Crippen LogP contribution in [0.3, 0.4) is 0 Å². The van der Waals surface area contributed by atoms with Crippen molar-refractivity contribution in [1.29, 1.82) is 0 Å². The molecule has 0 aliphatic heterocycles. The first-order valence-corrected chi connectivity index (χ1v) is 6.26. The summed E-state index contributed by atoms with van der Waals surface area (Å²) in [6, 6.07) is 2.26. The van der Waals surface area contributed by atoms with Gasteiger partial charge >= 0.3 is 5.97 Å². The summed E-state index contributed by atoms with van der Waals surface area (Å²) in [6.07, 6.45) is 7.75. The zero-order valence-corrected chi connectivity index (χ0v) is 10.9. The van der Waals surface area contributed by atoms with Gasteiger partial charge in [-0.05, 0) is 32.3 Å². The lowest BCUT2D eigenvalue weighted by atomic mass is 10.0. The van der Waals surface area contributed by atoms with E-state index in [0.717, 1.165) is 25.0 Å². The Morgan fingerprint density at radius 1 is 1.56 bits per heavy atom. The van der Waals surface area contributed by atoms with Crippen molar-refractivity contribution in [2.24, 2.45) is 0 Å². The van der Waals surface area contributed by atoms with Crippen LogP contribution in [0.4, 0.5) is 0 Å². The molecule has 1 aromatic rings. The number of aryl methyl sites for hydroxylation is 1. The van der Waals surface area contributed by atoms with E-state index >= 15 is 0 Å². The molecule has 1 aromatic heterocycles. The molecule has 0 radical (unpaired) electrons. The summed E-state index contributed by atoms with van der Waals surface area (Å²) in [5.41, 5.74) is 0.512. The summed E-state index contributed by atoms with van der Waals surface area (Å²) in [6.45, 7) is 2.43. The standard InChI is InChI=1S/C14H19NO3/c1-10-13(14(16)17-2)8-12(18-10)9-15-11-6-4-3-5-7-11/h3-4,8,11,15H,5-7,9H2,1-2H3. The predicted molar refractivity (Wildman–Crippen MR) is 68.4 cm³/mol. The van der Waals surface area contributed by atoms with Crippen LogP contribution in [0, 0.1) is 6.92 Å². The van der Waals surface area contributed by atoms with Gasteiger partial charge in [0.2, 0.25) is 0 Å². The highest BCUT2D eigenvalue weighted by atomic mass is 16.5. The number of esters is 1. The highest BCUT2D eigenvalue weighted by molar-refractivity contribution is 5.90. The van der Waals surface area contributed by atoms with Crippen molar-refractivity contribution in [2.45, 2.75) is 38.8 Å². The van der Waals surface area contributed by atoms with Crippen molar-refractivity contribution in [3.05, 3.63) is 35.3 Å². The van der Waals surface area contributed by atoms with Gasteiger partial charge in [0, 0.05) is 6.04 Å². The topological polar surface area (TPSA) is 51.5 Å². The van der Waals surface area contributed by atoms with Crippen LogP contribution in [0.1, 0.15) is 41.1 Å². The molecule has 0 aromatic carbocycles. The maximum atomic E-state index is 11.4. The first-order chi connectivity index (χ1) is 8.70. The van der Waals surface area contributed by atoms with Crippen LogP contribution >= 0.6 is 0 Å². The number of carbonyl (C=O) groups is 1. The number of allylic oxidation sites excluding steroid dienone is 1. The minimum Gasteiger partial charge on any atom is -0.465 e. The van der Waals surface area contributed by atoms with E-state index in [1.165, 1.54) is 7.11 Å². The van der Waals surface area contributed by atoms with Crippen molar-refractivity contribution in [3.63, 3.8) is 0 Å². The van der Waals surface area contributed by atoms with E-state index in [1.807, 2.05) is 0 Å². The molecule has 0 saturated heterocycles. The van der Waals surface area contributed by atoms with Crippen molar-refractivity contribution in [2.75, 3.05) is 7.11 Å². The number of nitrogens with one attached hydrogen (secondary N) is 1. The summed E-state index contributed by atoms with van der Waals surface area (Å²) in [4.78, 5) is 11.4. The highest BCUT2D eigenvalue weighted by Crippen LogP contribution is 2.17. The van der Waals surface area contributed by atoms with Gasteiger partial charge in [-0.3, -0.25) is 0 Å². The quantitative estimate of drug-likeness (QED) is 0.658. The second-order valence-electron chi connectivity index (χ2n) is 4.54. The van der Waals surface area contributed by atoms with Crippen LogP contribution in [0.15, 0.2) is 22.6 Å². The van der Waals surface area contributed by atoms with Gasteiger partial charge in [0.25, 0.3) is 0 Å². The smallest absolute Gasteiger partial charge is 0.341 e. The lowest BCUT2D eigenvalue weighted by molar-refractivity contribution is 0.0599. The molecule has 0 saturated carbocycles. The zero-order valence-electron chi connectivity index (χ0n) is 10.9. The van der Waals surface area contributed by atoms with Crippen molar-refractivity contribution >= 4 is 5.97 Å². The zero-order chi connectivity index (χ0) is 13.0. The molecular weight excluding hydrogens is 230 g/mol. The van der Waals surface area contributed by atoms with E-state index in [-0.39, 0.29) is 5.97 Å².